The molecule has 0 spiro atoms. The van der Waals surface area contributed by atoms with Crippen LogP contribution in [-0.4, -0.2) is 36.0 Å². The van der Waals surface area contributed by atoms with Crippen molar-refractivity contribution in [2.45, 2.75) is 44.2 Å². The quantitative estimate of drug-likeness (QED) is 0.683. The molecule has 0 aliphatic heterocycles. The predicted molar refractivity (Wildman–Crippen MR) is 63.7 cm³/mol. The van der Waals surface area contributed by atoms with Gasteiger partial charge in [0.05, 0.1) is 0 Å². The van der Waals surface area contributed by atoms with Crippen molar-refractivity contribution < 1.29 is 4.79 Å². The minimum absolute atomic E-state index is 0.304. The molecule has 2 aliphatic carbocycles. The zero-order chi connectivity index (χ0) is 11.9. The van der Waals surface area contributed by atoms with E-state index in [-0.39, 0.29) is 5.91 Å². The van der Waals surface area contributed by atoms with E-state index in [1.807, 2.05) is 0 Å². The third-order valence-electron chi connectivity index (χ3n) is 4.28. The van der Waals surface area contributed by atoms with Crippen LogP contribution in [0.15, 0.2) is 0 Å². The summed E-state index contributed by atoms with van der Waals surface area (Å²) in [5.41, 5.74) is 10.8. The summed E-state index contributed by atoms with van der Waals surface area (Å²) >= 11 is 0. The molecule has 0 aromatic carbocycles. The molecule has 0 radical (unpaired) electrons. The molecule has 4 nitrogen and oxygen atoms in total. The Morgan fingerprint density at radius 1 is 1.44 bits per heavy atom. The molecule has 0 heterocycles. The molecule has 2 unspecified atom stereocenters. The molecule has 16 heavy (non-hydrogen) atoms. The van der Waals surface area contributed by atoms with Crippen LogP contribution >= 0.6 is 0 Å². The average molecular weight is 225 g/mol. The molecule has 4 heteroatoms. The molecule has 2 aliphatic rings. The molecular weight excluding hydrogens is 202 g/mol. The second-order valence-corrected chi connectivity index (χ2v) is 5.67. The van der Waals surface area contributed by atoms with Gasteiger partial charge in [0.1, 0.15) is 5.54 Å². The van der Waals surface area contributed by atoms with Crippen LogP contribution in [0.4, 0.5) is 0 Å². The average Bonchev–Trinajstić information content (AvgIpc) is 3.03. The van der Waals surface area contributed by atoms with Gasteiger partial charge < -0.3 is 16.4 Å². The molecule has 0 bridgehead atoms. The topological polar surface area (TPSA) is 72.3 Å². The van der Waals surface area contributed by atoms with Crippen molar-refractivity contribution in [2.75, 3.05) is 13.6 Å². The van der Waals surface area contributed by atoms with Crippen molar-refractivity contribution in [3.63, 3.8) is 0 Å². The number of hydrogen-bond acceptors (Lipinski definition) is 3. The number of nitrogens with two attached hydrogens (primary N) is 2. The summed E-state index contributed by atoms with van der Waals surface area (Å²) in [6.07, 6.45) is 4.71. The molecule has 92 valence electrons. The molecule has 2 atom stereocenters. The van der Waals surface area contributed by atoms with E-state index in [4.69, 9.17) is 11.5 Å². The number of likely N-dealkylation sites (N-methyl/N-ethyl adjacent to an activating group) is 1. The second-order valence-electron chi connectivity index (χ2n) is 5.67. The number of hydrogen-bond donors (Lipinski definition) is 2. The monoisotopic (exact) mass is 225 g/mol. The van der Waals surface area contributed by atoms with Gasteiger partial charge in [0.15, 0.2) is 0 Å². The van der Waals surface area contributed by atoms with Crippen molar-refractivity contribution in [3.8, 4) is 0 Å². The first-order valence-corrected chi connectivity index (χ1v) is 6.24. The first kappa shape index (κ1) is 11.9. The third kappa shape index (κ3) is 2.23. The molecule has 0 aromatic rings. The molecule has 1 amide bonds. The Labute approximate surface area is 97.3 Å². The van der Waals surface area contributed by atoms with Crippen LogP contribution in [0.3, 0.4) is 0 Å². The van der Waals surface area contributed by atoms with Gasteiger partial charge in [-0.1, -0.05) is 0 Å². The lowest BCUT2D eigenvalue weighted by Crippen LogP contribution is -2.61. The highest BCUT2D eigenvalue weighted by atomic mass is 16.1. The zero-order valence-corrected chi connectivity index (χ0v) is 10.3. The van der Waals surface area contributed by atoms with E-state index in [9.17, 15) is 4.79 Å². The Morgan fingerprint density at radius 2 is 2.00 bits per heavy atom. The maximum Gasteiger partial charge on any atom is 0.239 e. The lowest BCUT2D eigenvalue weighted by atomic mass is 9.92. The predicted octanol–water partition coefficient (Wildman–Crippen LogP) is 0.310. The van der Waals surface area contributed by atoms with E-state index in [0.717, 1.165) is 18.8 Å². The molecule has 0 saturated heterocycles. The summed E-state index contributed by atoms with van der Waals surface area (Å²) in [6.45, 7) is 2.82. The van der Waals surface area contributed by atoms with E-state index in [1.165, 1.54) is 12.8 Å². The van der Waals surface area contributed by atoms with Gasteiger partial charge in [-0.3, -0.25) is 4.79 Å². The standard InChI is InChI=1S/C12H23N3O/c1-8(9-3-4-9)15(2)7-12(14,11(13)16)10-5-6-10/h8-10H,3-7,14H2,1-2H3,(H2,13,16). The lowest BCUT2D eigenvalue weighted by molar-refractivity contribution is -0.124. The first-order valence-electron chi connectivity index (χ1n) is 6.24. The van der Waals surface area contributed by atoms with Gasteiger partial charge in [-0.25, -0.2) is 0 Å². The number of carbonyl (C=O) groups is 1. The van der Waals surface area contributed by atoms with Gasteiger partial charge in [-0.2, -0.15) is 0 Å². The minimum atomic E-state index is -0.808. The van der Waals surface area contributed by atoms with E-state index in [1.54, 1.807) is 0 Å². The zero-order valence-electron chi connectivity index (χ0n) is 10.3. The Kier molecular flexibility index (Phi) is 2.97. The van der Waals surface area contributed by atoms with E-state index < -0.39 is 5.54 Å². The van der Waals surface area contributed by atoms with Crippen molar-refractivity contribution >= 4 is 5.91 Å². The number of rotatable bonds is 6. The summed E-state index contributed by atoms with van der Waals surface area (Å²) < 4.78 is 0. The van der Waals surface area contributed by atoms with E-state index in [0.29, 0.717) is 18.5 Å². The van der Waals surface area contributed by atoms with Crippen molar-refractivity contribution in [1.29, 1.82) is 0 Å². The van der Waals surface area contributed by atoms with Gasteiger partial charge in [0.25, 0.3) is 0 Å². The fourth-order valence-corrected chi connectivity index (χ4v) is 2.50. The van der Waals surface area contributed by atoms with E-state index >= 15 is 0 Å². The van der Waals surface area contributed by atoms with Gasteiger partial charge in [-0.15, -0.1) is 0 Å². The van der Waals surface area contributed by atoms with Crippen molar-refractivity contribution in [2.24, 2.45) is 23.3 Å². The van der Waals surface area contributed by atoms with Crippen LogP contribution in [0.5, 0.6) is 0 Å². The van der Waals surface area contributed by atoms with Crippen LogP contribution in [0.2, 0.25) is 0 Å². The molecule has 2 fully saturated rings. The summed E-state index contributed by atoms with van der Waals surface area (Å²) in [7, 11) is 2.05. The van der Waals surface area contributed by atoms with Gasteiger partial charge in [0, 0.05) is 12.6 Å². The lowest BCUT2D eigenvalue weighted by Gasteiger charge is -2.34. The Balaban J connectivity index is 1.96. The van der Waals surface area contributed by atoms with Gasteiger partial charge in [-0.05, 0) is 51.5 Å². The summed E-state index contributed by atoms with van der Waals surface area (Å²) in [5, 5.41) is 0. The normalized spacial score (nSPS) is 26.5. The van der Waals surface area contributed by atoms with Crippen LogP contribution in [0.25, 0.3) is 0 Å². The first-order chi connectivity index (χ1) is 7.45. The highest BCUT2D eigenvalue weighted by Gasteiger charge is 2.48. The summed E-state index contributed by atoms with van der Waals surface area (Å²) in [5.74, 6) is 0.755. The van der Waals surface area contributed by atoms with Gasteiger partial charge in [0.2, 0.25) is 5.91 Å². The van der Waals surface area contributed by atoms with Crippen LogP contribution in [-0.2, 0) is 4.79 Å². The second kappa shape index (κ2) is 4.00. The molecule has 2 saturated carbocycles. The van der Waals surface area contributed by atoms with Crippen LogP contribution in [0.1, 0.15) is 32.6 Å². The molecule has 2 rings (SSSR count). The van der Waals surface area contributed by atoms with Crippen molar-refractivity contribution in [3.05, 3.63) is 0 Å². The highest BCUT2D eigenvalue weighted by molar-refractivity contribution is 5.85. The van der Waals surface area contributed by atoms with Crippen LogP contribution in [0, 0.1) is 11.8 Å². The van der Waals surface area contributed by atoms with Crippen LogP contribution < -0.4 is 11.5 Å². The van der Waals surface area contributed by atoms with E-state index in [2.05, 4.69) is 18.9 Å². The minimum Gasteiger partial charge on any atom is -0.368 e. The Hall–Kier alpha value is -0.610. The number of carbonyl (C=O) groups excluding carboxylic acids is 1. The number of amides is 1. The highest BCUT2D eigenvalue weighted by Crippen LogP contribution is 2.40. The SMILES string of the molecule is CC(C1CC1)N(C)CC(N)(C(N)=O)C1CC1. The molecule has 4 N–H and O–H groups in total. The maximum absolute atomic E-state index is 11.5. The number of primary amides is 1. The smallest absolute Gasteiger partial charge is 0.239 e. The largest absolute Gasteiger partial charge is 0.368 e. The third-order valence-corrected chi connectivity index (χ3v) is 4.28. The maximum atomic E-state index is 11.5. The summed E-state index contributed by atoms with van der Waals surface area (Å²) in [6, 6.07) is 0.515. The number of nitrogens with zero attached hydrogens (tertiary/aromatic N) is 1. The fourth-order valence-electron chi connectivity index (χ4n) is 2.50. The summed E-state index contributed by atoms with van der Waals surface area (Å²) in [4.78, 5) is 13.7. The Bertz CT molecular complexity index is 286. The Morgan fingerprint density at radius 3 is 2.38 bits per heavy atom. The molecular formula is C12H23N3O. The van der Waals surface area contributed by atoms with Crippen molar-refractivity contribution in [1.82, 2.24) is 4.90 Å². The fraction of sp³-hybridized carbons (Fsp3) is 0.917. The van der Waals surface area contributed by atoms with Gasteiger partial charge >= 0.3 is 0 Å². The molecule has 0 aromatic heterocycles.